The molecule has 0 unspecified atom stereocenters. The minimum atomic E-state index is -0.874. The van der Waals surface area contributed by atoms with E-state index >= 15 is 0 Å². The van der Waals surface area contributed by atoms with E-state index in [1.54, 1.807) is 16.3 Å². The Labute approximate surface area is 102 Å². The minimum absolute atomic E-state index is 0.0492. The van der Waals surface area contributed by atoms with E-state index in [-0.39, 0.29) is 6.42 Å². The number of nitrogens with one attached hydrogen (secondary N) is 1. The van der Waals surface area contributed by atoms with Crippen LogP contribution >= 0.6 is 11.3 Å². The van der Waals surface area contributed by atoms with Crippen LogP contribution in [0.3, 0.4) is 0 Å². The molecular formula is C10H12N4O2S. The van der Waals surface area contributed by atoms with Gasteiger partial charge in [0.25, 0.3) is 0 Å². The molecule has 0 radical (unpaired) electrons. The van der Waals surface area contributed by atoms with E-state index in [0.29, 0.717) is 10.8 Å². The van der Waals surface area contributed by atoms with Crippen molar-refractivity contribution in [1.29, 1.82) is 0 Å². The van der Waals surface area contributed by atoms with E-state index in [9.17, 15) is 4.79 Å². The second-order valence-corrected chi connectivity index (χ2v) is 4.28. The van der Waals surface area contributed by atoms with Gasteiger partial charge in [0.1, 0.15) is 0 Å². The molecule has 2 rings (SSSR count). The van der Waals surface area contributed by atoms with E-state index in [1.807, 2.05) is 13.1 Å². The number of anilines is 2. The topological polar surface area (TPSA) is 80.0 Å². The van der Waals surface area contributed by atoms with Gasteiger partial charge in [-0.25, -0.2) is 4.98 Å². The van der Waals surface area contributed by atoms with Crippen LogP contribution in [0.15, 0.2) is 17.8 Å². The first kappa shape index (κ1) is 11.6. The maximum absolute atomic E-state index is 10.5. The Morgan fingerprint density at radius 2 is 2.47 bits per heavy atom. The van der Waals surface area contributed by atoms with Crippen molar-refractivity contribution in [2.75, 3.05) is 5.32 Å². The maximum Gasteiger partial charge on any atom is 0.309 e. The lowest BCUT2D eigenvalue weighted by Crippen LogP contribution is -2.00. The smallest absolute Gasteiger partial charge is 0.309 e. The average molecular weight is 252 g/mol. The van der Waals surface area contributed by atoms with Crippen LogP contribution in [-0.4, -0.2) is 25.8 Å². The van der Waals surface area contributed by atoms with Gasteiger partial charge in [-0.05, 0) is 6.92 Å². The second-order valence-electron chi connectivity index (χ2n) is 3.42. The van der Waals surface area contributed by atoms with E-state index in [0.717, 1.165) is 12.2 Å². The highest BCUT2D eigenvalue weighted by Crippen LogP contribution is 2.20. The summed E-state index contributed by atoms with van der Waals surface area (Å²) in [6.07, 6.45) is 3.53. The van der Waals surface area contributed by atoms with Gasteiger partial charge in [0.15, 0.2) is 5.13 Å². The van der Waals surface area contributed by atoms with E-state index < -0.39 is 5.97 Å². The Bertz CT molecular complexity index is 520. The molecule has 2 heterocycles. The Morgan fingerprint density at radius 1 is 1.65 bits per heavy atom. The zero-order chi connectivity index (χ0) is 12.3. The molecule has 0 fully saturated rings. The number of carboxylic acid groups (broad SMARTS) is 1. The molecule has 0 saturated heterocycles. The van der Waals surface area contributed by atoms with Gasteiger partial charge >= 0.3 is 5.97 Å². The zero-order valence-electron chi connectivity index (χ0n) is 9.25. The Kier molecular flexibility index (Phi) is 3.38. The standard InChI is InChI=1S/C10H12N4O2S/c1-2-14-5-8(4-11-14)13-10-12-7(6-17-10)3-9(15)16/h4-6H,2-3H2,1H3,(H,12,13)(H,15,16). The lowest BCUT2D eigenvalue weighted by Gasteiger charge is -1.96. The van der Waals surface area contributed by atoms with Crippen molar-refractivity contribution in [2.24, 2.45) is 0 Å². The third kappa shape index (κ3) is 3.04. The van der Waals surface area contributed by atoms with Crippen molar-refractivity contribution < 1.29 is 9.90 Å². The maximum atomic E-state index is 10.5. The minimum Gasteiger partial charge on any atom is -0.481 e. The summed E-state index contributed by atoms with van der Waals surface area (Å²) in [5.41, 5.74) is 1.41. The number of aromatic nitrogens is 3. The third-order valence-corrected chi connectivity index (χ3v) is 2.90. The fourth-order valence-corrected chi connectivity index (χ4v) is 2.06. The molecule has 0 amide bonds. The molecule has 0 saturated carbocycles. The van der Waals surface area contributed by atoms with Gasteiger partial charge in [-0.3, -0.25) is 9.48 Å². The van der Waals surface area contributed by atoms with Crippen LogP contribution in [0.1, 0.15) is 12.6 Å². The van der Waals surface area contributed by atoms with Gasteiger partial charge < -0.3 is 10.4 Å². The predicted molar refractivity (Wildman–Crippen MR) is 64.6 cm³/mol. The molecule has 7 heteroatoms. The number of hydrogen-bond acceptors (Lipinski definition) is 5. The fourth-order valence-electron chi connectivity index (χ4n) is 1.33. The number of rotatable bonds is 5. The summed E-state index contributed by atoms with van der Waals surface area (Å²) in [6, 6.07) is 0. The molecule has 2 aromatic rings. The summed E-state index contributed by atoms with van der Waals surface area (Å²) >= 11 is 1.38. The molecule has 0 aliphatic carbocycles. The van der Waals surface area contributed by atoms with Crippen molar-refractivity contribution in [2.45, 2.75) is 19.9 Å². The summed E-state index contributed by atoms with van der Waals surface area (Å²) < 4.78 is 1.80. The first-order chi connectivity index (χ1) is 8.17. The van der Waals surface area contributed by atoms with Crippen LogP contribution in [-0.2, 0) is 17.8 Å². The van der Waals surface area contributed by atoms with Crippen LogP contribution in [0.4, 0.5) is 10.8 Å². The van der Waals surface area contributed by atoms with E-state index in [2.05, 4.69) is 15.4 Å². The van der Waals surface area contributed by atoms with Crippen LogP contribution in [0.5, 0.6) is 0 Å². The van der Waals surface area contributed by atoms with Gasteiger partial charge in [0.05, 0.1) is 24.0 Å². The van der Waals surface area contributed by atoms with Crippen molar-refractivity contribution >= 4 is 28.1 Å². The van der Waals surface area contributed by atoms with Gasteiger partial charge in [0, 0.05) is 18.1 Å². The highest BCUT2D eigenvalue weighted by atomic mass is 32.1. The monoisotopic (exact) mass is 252 g/mol. The molecule has 0 spiro atoms. The van der Waals surface area contributed by atoms with Crippen LogP contribution in [0, 0.1) is 0 Å². The van der Waals surface area contributed by atoms with Crippen molar-refractivity contribution in [1.82, 2.24) is 14.8 Å². The number of carbonyl (C=O) groups is 1. The number of aliphatic carboxylic acids is 1. The lowest BCUT2D eigenvalue weighted by molar-refractivity contribution is -0.136. The first-order valence-electron chi connectivity index (χ1n) is 5.13. The highest BCUT2D eigenvalue weighted by molar-refractivity contribution is 7.13. The molecular weight excluding hydrogens is 240 g/mol. The number of hydrogen-bond donors (Lipinski definition) is 2. The summed E-state index contributed by atoms with van der Waals surface area (Å²) in [4.78, 5) is 14.7. The quantitative estimate of drug-likeness (QED) is 0.847. The predicted octanol–water partition coefficient (Wildman–Crippen LogP) is 1.73. The second kappa shape index (κ2) is 4.96. The molecule has 6 nitrogen and oxygen atoms in total. The number of carboxylic acids is 1. The van der Waals surface area contributed by atoms with Crippen molar-refractivity contribution in [3.63, 3.8) is 0 Å². The molecule has 0 aromatic carbocycles. The number of nitrogens with zero attached hydrogens (tertiary/aromatic N) is 3. The summed E-state index contributed by atoms with van der Waals surface area (Å²) in [5.74, 6) is -0.874. The van der Waals surface area contributed by atoms with Gasteiger partial charge in [-0.15, -0.1) is 11.3 Å². The molecule has 0 atom stereocenters. The molecule has 90 valence electrons. The van der Waals surface area contributed by atoms with Crippen molar-refractivity contribution in [3.05, 3.63) is 23.5 Å². The zero-order valence-corrected chi connectivity index (χ0v) is 10.1. The van der Waals surface area contributed by atoms with Crippen LogP contribution in [0.2, 0.25) is 0 Å². The molecule has 2 aromatic heterocycles. The van der Waals surface area contributed by atoms with Crippen LogP contribution < -0.4 is 5.32 Å². The normalized spacial score (nSPS) is 10.4. The Morgan fingerprint density at radius 3 is 3.12 bits per heavy atom. The number of aryl methyl sites for hydroxylation is 1. The molecule has 17 heavy (non-hydrogen) atoms. The summed E-state index contributed by atoms with van der Waals surface area (Å²) in [6.45, 7) is 2.81. The van der Waals surface area contributed by atoms with Crippen molar-refractivity contribution in [3.8, 4) is 0 Å². The molecule has 0 bridgehead atoms. The molecule has 0 aliphatic rings. The lowest BCUT2D eigenvalue weighted by atomic mass is 10.3. The third-order valence-electron chi connectivity index (χ3n) is 2.09. The largest absolute Gasteiger partial charge is 0.481 e. The Hall–Kier alpha value is -1.89. The Balaban J connectivity index is 2.03. The molecule has 2 N–H and O–H groups in total. The van der Waals surface area contributed by atoms with E-state index in [4.69, 9.17) is 5.11 Å². The first-order valence-corrected chi connectivity index (χ1v) is 6.01. The molecule has 0 aliphatic heterocycles. The number of thiazole rings is 1. The van der Waals surface area contributed by atoms with Crippen LogP contribution in [0.25, 0.3) is 0 Å². The van der Waals surface area contributed by atoms with Gasteiger partial charge in [0.2, 0.25) is 0 Å². The van der Waals surface area contributed by atoms with Gasteiger partial charge in [-0.2, -0.15) is 5.10 Å². The van der Waals surface area contributed by atoms with E-state index in [1.165, 1.54) is 11.3 Å². The van der Waals surface area contributed by atoms with Gasteiger partial charge in [-0.1, -0.05) is 0 Å². The average Bonchev–Trinajstić information content (AvgIpc) is 2.88. The summed E-state index contributed by atoms with van der Waals surface area (Å²) in [5, 5.41) is 18.3. The highest BCUT2D eigenvalue weighted by Gasteiger charge is 2.06. The summed E-state index contributed by atoms with van der Waals surface area (Å²) in [7, 11) is 0. The SMILES string of the molecule is CCn1cc(Nc2nc(CC(=O)O)cs2)cn1. The fraction of sp³-hybridized carbons (Fsp3) is 0.300.